The molecule has 0 fully saturated rings. The number of hydrogen-bond acceptors (Lipinski definition) is 7. The summed E-state index contributed by atoms with van der Waals surface area (Å²) < 4.78 is 16.1. The molecule has 5 aromatic rings. The molecule has 0 aliphatic carbocycles. The molecule has 0 bridgehead atoms. The van der Waals surface area contributed by atoms with Crippen LogP contribution in [0.2, 0.25) is 0 Å². The first kappa shape index (κ1) is 18.4. The zero-order valence-corrected chi connectivity index (χ0v) is 16.8. The van der Waals surface area contributed by atoms with Gasteiger partial charge in [-0.25, -0.2) is 29.0 Å². The average molecular weight is 428 g/mol. The highest BCUT2D eigenvalue weighted by Gasteiger charge is 2.24. The minimum Gasteiger partial charge on any atom is -0.361 e. The van der Waals surface area contributed by atoms with E-state index in [1.165, 1.54) is 17.1 Å². The number of aromatic amines is 1. The van der Waals surface area contributed by atoms with Gasteiger partial charge >= 0.3 is 0 Å². The molecular weight excluding hydrogens is 411 g/mol. The normalized spacial score (nSPS) is 13.1. The van der Waals surface area contributed by atoms with E-state index >= 15 is 0 Å². The van der Waals surface area contributed by atoms with Crippen molar-refractivity contribution < 1.29 is 4.39 Å². The SMILES string of the molecule is O=c1c2c(F)cccc2nc(CNc2ncnc3nc[nH]c23)n1N1Cc2ccccc2C1. The molecule has 0 unspecified atom stereocenters. The van der Waals surface area contributed by atoms with Crippen molar-refractivity contribution in [2.24, 2.45) is 0 Å². The van der Waals surface area contributed by atoms with E-state index in [0.29, 0.717) is 41.4 Å². The van der Waals surface area contributed by atoms with Gasteiger partial charge in [0.15, 0.2) is 17.3 Å². The lowest BCUT2D eigenvalue weighted by atomic mass is 10.1. The minimum absolute atomic E-state index is 0.0230. The summed E-state index contributed by atoms with van der Waals surface area (Å²) in [6.45, 7) is 1.26. The Bertz CT molecular complexity index is 1520. The fraction of sp³-hybridized carbons (Fsp3) is 0.136. The number of nitrogens with zero attached hydrogens (tertiary/aromatic N) is 6. The third kappa shape index (κ3) is 2.88. The van der Waals surface area contributed by atoms with Crippen LogP contribution in [0.4, 0.5) is 10.2 Å². The van der Waals surface area contributed by atoms with Crippen molar-refractivity contribution in [3.8, 4) is 0 Å². The number of aromatic nitrogens is 6. The van der Waals surface area contributed by atoms with Gasteiger partial charge in [-0.2, -0.15) is 0 Å². The van der Waals surface area contributed by atoms with Crippen molar-refractivity contribution >= 4 is 27.9 Å². The van der Waals surface area contributed by atoms with Crippen molar-refractivity contribution in [2.75, 3.05) is 10.3 Å². The Kier molecular flexibility index (Phi) is 4.10. The molecule has 0 saturated heterocycles. The largest absolute Gasteiger partial charge is 0.361 e. The third-order valence-corrected chi connectivity index (χ3v) is 5.64. The van der Waals surface area contributed by atoms with Gasteiger partial charge in [0, 0.05) is 0 Å². The maximum atomic E-state index is 14.6. The second-order valence-corrected chi connectivity index (χ2v) is 7.55. The molecule has 1 aliphatic heterocycles. The highest BCUT2D eigenvalue weighted by molar-refractivity contribution is 5.82. The summed E-state index contributed by atoms with van der Waals surface area (Å²) in [5, 5.41) is 5.08. The predicted molar refractivity (Wildman–Crippen MR) is 117 cm³/mol. The minimum atomic E-state index is -0.583. The molecule has 0 saturated carbocycles. The molecule has 10 heteroatoms. The standard InChI is InChI=1S/C22H17FN8O/c23-15-6-3-7-16-18(15)22(32)31(30-9-13-4-1-2-5-14(13)10-30)17(29-16)8-24-20-19-21(26-11-25-19)28-12-27-20/h1-7,11-12H,8-10H2,(H2,24,25,26,27,28). The van der Waals surface area contributed by atoms with Gasteiger partial charge in [-0.3, -0.25) is 9.80 Å². The molecule has 1 aliphatic rings. The molecule has 3 aromatic heterocycles. The second-order valence-electron chi connectivity index (χ2n) is 7.55. The van der Waals surface area contributed by atoms with Gasteiger partial charge in [0.1, 0.15) is 23.0 Å². The second kappa shape index (κ2) is 7.12. The van der Waals surface area contributed by atoms with E-state index in [4.69, 9.17) is 0 Å². The Balaban J connectivity index is 1.46. The number of fused-ring (bicyclic) bond motifs is 3. The fourth-order valence-electron chi connectivity index (χ4n) is 4.15. The summed E-state index contributed by atoms with van der Waals surface area (Å²) in [6.07, 6.45) is 2.96. The number of hydrogen-bond donors (Lipinski definition) is 2. The van der Waals surface area contributed by atoms with Crippen molar-refractivity contribution in [3.63, 3.8) is 0 Å². The van der Waals surface area contributed by atoms with Crippen LogP contribution >= 0.6 is 0 Å². The van der Waals surface area contributed by atoms with Crippen LogP contribution in [-0.4, -0.2) is 29.6 Å². The van der Waals surface area contributed by atoms with E-state index < -0.39 is 11.4 Å². The van der Waals surface area contributed by atoms with Crippen molar-refractivity contribution in [2.45, 2.75) is 19.6 Å². The summed E-state index contributed by atoms with van der Waals surface area (Å²) >= 11 is 0. The molecule has 158 valence electrons. The van der Waals surface area contributed by atoms with E-state index in [0.717, 1.165) is 11.1 Å². The first-order chi connectivity index (χ1) is 15.7. The number of H-pyrrole nitrogens is 1. The molecule has 9 nitrogen and oxygen atoms in total. The van der Waals surface area contributed by atoms with Gasteiger partial charge in [-0.1, -0.05) is 30.3 Å². The van der Waals surface area contributed by atoms with Crippen LogP contribution in [0, 0.1) is 5.82 Å². The quantitative estimate of drug-likeness (QED) is 0.453. The Labute approximate surface area is 180 Å². The smallest absolute Gasteiger partial charge is 0.283 e. The zero-order valence-electron chi connectivity index (χ0n) is 16.8. The molecule has 0 atom stereocenters. The summed E-state index contributed by atoms with van der Waals surface area (Å²) in [5.41, 5.74) is 3.32. The molecule has 4 heterocycles. The van der Waals surface area contributed by atoms with Crippen molar-refractivity contribution in [1.82, 2.24) is 29.6 Å². The van der Waals surface area contributed by atoms with Crippen LogP contribution in [-0.2, 0) is 19.6 Å². The van der Waals surface area contributed by atoms with Gasteiger partial charge in [0.25, 0.3) is 5.56 Å². The summed E-state index contributed by atoms with van der Waals surface area (Å²) in [6, 6.07) is 12.5. The average Bonchev–Trinajstić information content (AvgIpc) is 3.44. The summed E-state index contributed by atoms with van der Waals surface area (Å²) in [5.74, 6) is 0.407. The highest BCUT2D eigenvalue weighted by atomic mass is 19.1. The monoisotopic (exact) mass is 428 g/mol. The summed E-state index contributed by atoms with van der Waals surface area (Å²) in [4.78, 5) is 33.6. The Morgan fingerprint density at radius 3 is 2.66 bits per heavy atom. The lowest BCUT2D eigenvalue weighted by molar-refractivity contribution is 0.556. The molecule has 6 rings (SSSR count). The molecule has 0 radical (unpaired) electrons. The van der Waals surface area contributed by atoms with Gasteiger partial charge in [-0.15, -0.1) is 0 Å². The number of rotatable bonds is 4. The van der Waals surface area contributed by atoms with Gasteiger partial charge < -0.3 is 10.3 Å². The first-order valence-corrected chi connectivity index (χ1v) is 10.1. The third-order valence-electron chi connectivity index (χ3n) is 5.64. The van der Waals surface area contributed by atoms with Crippen molar-refractivity contribution in [3.05, 3.63) is 88.2 Å². The molecule has 2 aromatic carbocycles. The number of benzene rings is 2. The van der Waals surface area contributed by atoms with Gasteiger partial charge in [0.2, 0.25) is 0 Å². The molecule has 0 spiro atoms. The van der Waals surface area contributed by atoms with E-state index in [9.17, 15) is 9.18 Å². The fourth-order valence-corrected chi connectivity index (χ4v) is 4.15. The van der Waals surface area contributed by atoms with Crippen LogP contribution in [0.25, 0.3) is 22.1 Å². The van der Waals surface area contributed by atoms with Gasteiger partial charge in [0.05, 0.1) is 31.5 Å². The number of anilines is 1. The van der Waals surface area contributed by atoms with E-state index in [2.05, 4.69) is 30.2 Å². The van der Waals surface area contributed by atoms with Crippen LogP contribution in [0.1, 0.15) is 17.0 Å². The first-order valence-electron chi connectivity index (χ1n) is 10.1. The molecular formula is C22H17FN8O. The van der Waals surface area contributed by atoms with Crippen LogP contribution in [0.5, 0.6) is 0 Å². The maximum Gasteiger partial charge on any atom is 0.283 e. The number of imidazole rings is 1. The molecule has 32 heavy (non-hydrogen) atoms. The zero-order chi connectivity index (χ0) is 21.7. The van der Waals surface area contributed by atoms with Crippen LogP contribution in [0.3, 0.4) is 0 Å². The topological polar surface area (TPSA) is 105 Å². The lowest BCUT2D eigenvalue weighted by Gasteiger charge is -2.24. The number of halogens is 1. The Hall–Kier alpha value is -4.34. The molecule has 0 amide bonds. The molecule has 2 N–H and O–H groups in total. The van der Waals surface area contributed by atoms with Crippen LogP contribution < -0.4 is 15.9 Å². The van der Waals surface area contributed by atoms with Crippen molar-refractivity contribution in [1.29, 1.82) is 0 Å². The highest BCUT2D eigenvalue weighted by Crippen LogP contribution is 2.23. The number of nitrogens with one attached hydrogen (secondary N) is 2. The van der Waals surface area contributed by atoms with E-state index in [1.807, 2.05) is 29.3 Å². The van der Waals surface area contributed by atoms with E-state index in [-0.39, 0.29) is 11.9 Å². The van der Waals surface area contributed by atoms with Crippen LogP contribution in [0.15, 0.2) is 59.9 Å². The predicted octanol–water partition coefficient (Wildman–Crippen LogP) is 2.47. The Morgan fingerprint density at radius 2 is 1.84 bits per heavy atom. The van der Waals surface area contributed by atoms with E-state index in [1.54, 1.807) is 18.5 Å². The lowest BCUT2D eigenvalue weighted by Crippen LogP contribution is -2.42. The maximum absolute atomic E-state index is 14.6. The summed E-state index contributed by atoms with van der Waals surface area (Å²) in [7, 11) is 0. The Morgan fingerprint density at radius 1 is 1.03 bits per heavy atom. The van der Waals surface area contributed by atoms with Gasteiger partial charge in [-0.05, 0) is 23.3 Å².